The van der Waals surface area contributed by atoms with Gasteiger partial charge in [-0.2, -0.15) is 0 Å². The molecule has 7 heteroatoms. The SMILES string of the molecule is C=Cc1c2[nH]c(c1C)CC1N=C(C3=C4N=C(/C=c5\[nH]/c(c(C)c5CC)=C\2)C(C)=C4C(=O)C3)[C@@H](CCC(=O)OC/C=C(\C)CCC[C@H](C)CCC[C@H](C)CCCC(C)C)[C@@H]1C. The van der Waals surface area contributed by atoms with Crippen LogP contribution in [0.4, 0.5) is 0 Å². The number of allylic oxidation sites excluding steroid dienone is 4. The van der Waals surface area contributed by atoms with E-state index in [2.05, 4.69) is 97.1 Å². The van der Waals surface area contributed by atoms with E-state index in [1.165, 1.54) is 73.6 Å². The lowest BCUT2D eigenvalue weighted by Crippen LogP contribution is -2.24. The third kappa shape index (κ3) is 10.3. The molecule has 4 aliphatic rings. The van der Waals surface area contributed by atoms with Crippen LogP contribution in [0.15, 0.2) is 50.6 Å². The number of hydrogen-bond donors (Lipinski definition) is 2. The molecule has 0 fully saturated rings. The van der Waals surface area contributed by atoms with Crippen molar-refractivity contribution < 1.29 is 14.3 Å². The van der Waals surface area contributed by atoms with Gasteiger partial charge >= 0.3 is 5.97 Å². The van der Waals surface area contributed by atoms with Gasteiger partial charge in [-0.15, -0.1) is 0 Å². The van der Waals surface area contributed by atoms with Crippen LogP contribution in [0.5, 0.6) is 0 Å². The molecule has 5 atom stereocenters. The number of nitrogens with zero attached hydrogens (tertiary/aromatic N) is 2. The zero-order valence-electron chi connectivity index (χ0n) is 38.7. The number of hydrogen-bond acceptors (Lipinski definition) is 5. The van der Waals surface area contributed by atoms with Crippen molar-refractivity contribution in [1.29, 1.82) is 0 Å². The Hall–Kier alpha value is -4.26. The number of H-pyrrole nitrogens is 2. The van der Waals surface area contributed by atoms with Crippen LogP contribution in [0.2, 0.25) is 0 Å². The molecule has 0 saturated heterocycles. The number of ketones is 1. The van der Waals surface area contributed by atoms with Crippen LogP contribution in [0.3, 0.4) is 0 Å². The van der Waals surface area contributed by atoms with E-state index in [1.807, 2.05) is 13.0 Å². The molecule has 0 spiro atoms. The van der Waals surface area contributed by atoms with Crippen LogP contribution >= 0.6 is 0 Å². The molecule has 8 bridgehead atoms. The van der Waals surface area contributed by atoms with Crippen molar-refractivity contribution >= 4 is 41.4 Å². The van der Waals surface area contributed by atoms with Crippen molar-refractivity contribution in [3.63, 3.8) is 0 Å². The lowest BCUT2D eigenvalue weighted by molar-refractivity contribution is -0.142. The van der Waals surface area contributed by atoms with Crippen LogP contribution in [-0.4, -0.2) is 45.8 Å². The van der Waals surface area contributed by atoms with Crippen LogP contribution in [-0.2, 0) is 27.2 Å². The molecule has 2 N–H and O–H groups in total. The molecule has 1 unspecified atom stereocenters. The van der Waals surface area contributed by atoms with Gasteiger partial charge in [0.25, 0.3) is 0 Å². The minimum Gasteiger partial charge on any atom is -0.461 e. The minimum atomic E-state index is -0.185. The quantitative estimate of drug-likeness (QED) is 0.109. The Morgan fingerprint density at radius 3 is 2.33 bits per heavy atom. The van der Waals surface area contributed by atoms with Gasteiger partial charge in [-0.05, 0) is 118 Å². The third-order valence-electron chi connectivity index (χ3n) is 14.2. The number of carbonyl (C=O) groups is 2. The van der Waals surface area contributed by atoms with Gasteiger partial charge in [0.1, 0.15) is 6.61 Å². The number of fused-ring (bicyclic) bond motifs is 6. The van der Waals surface area contributed by atoms with E-state index in [0.29, 0.717) is 25.9 Å². The highest BCUT2D eigenvalue weighted by Gasteiger charge is 2.43. The summed E-state index contributed by atoms with van der Waals surface area (Å²) in [4.78, 5) is 45.1. The second kappa shape index (κ2) is 20.1. The molecular weight excluding hydrogens is 741 g/mol. The summed E-state index contributed by atoms with van der Waals surface area (Å²) >= 11 is 0. The second-order valence-electron chi connectivity index (χ2n) is 19.3. The summed E-state index contributed by atoms with van der Waals surface area (Å²) < 4.78 is 5.80. The number of ether oxygens (including phenoxy) is 1. The van der Waals surface area contributed by atoms with Crippen molar-refractivity contribution in [2.75, 3.05) is 6.61 Å². The van der Waals surface area contributed by atoms with Crippen LogP contribution in [0.25, 0.3) is 18.2 Å². The number of rotatable bonds is 19. The highest BCUT2D eigenvalue weighted by Crippen LogP contribution is 2.44. The molecule has 324 valence electrons. The highest BCUT2D eigenvalue weighted by molar-refractivity contribution is 6.30. The molecule has 3 aliphatic heterocycles. The molecule has 60 heavy (non-hydrogen) atoms. The molecule has 5 heterocycles. The number of aliphatic imine (C=N–C) groups is 2. The zero-order chi connectivity index (χ0) is 43.2. The van der Waals surface area contributed by atoms with E-state index in [1.54, 1.807) is 0 Å². The first kappa shape index (κ1) is 45.3. The topological polar surface area (TPSA) is 99.7 Å². The molecule has 0 aromatic carbocycles. The summed E-state index contributed by atoms with van der Waals surface area (Å²) in [5.41, 5.74) is 13.3. The normalized spacial score (nSPS) is 22.1. The predicted molar refractivity (Wildman–Crippen MR) is 251 cm³/mol. The first-order valence-corrected chi connectivity index (χ1v) is 23.4. The summed E-state index contributed by atoms with van der Waals surface area (Å²) in [7, 11) is 0. The van der Waals surface area contributed by atoms with Crippen molar-refractivity contribution in [3.05, 3.63) is 85.0 Å². The van der Waals surface area contributed by atoms with Gasteiger partial charge < -0.3 is 14.7 Å². The Morgan fingerprint density at radius 1 is 0.950 bits per heavy atom. The number of aromatic nitrogens is 2. The molecule has 1 aliphatic carbocycles. The van der Waals surface area contributed by atoms with E-state index in [9.17, 15) is 9.59 Å². The minimum absolute atomic E-state index is 0.00355. The zero-order valence-corrected chi connectivity index (χ0v) is 38.7. The fourth-order valence-electron chi connectivity index (χ4n) is 10.2. The largest absolute Gasteiger partial charge is 0.461 e. The van der Waals surface area contributed by atoms with Crippen LogP contribution in [0, 0.1) is 43.4 Å². The number of carbonyl (C=O) groups excluding carboxylic acids is 2. The van der Waals surface area contributed by atoms with E-state index < -0.39 is 0 Å². The number of aromatic amines is 2. The Balaban J connectivity index is 1.12. The van der Waals surface area contributed by atoms with Crippen molar-refractivity contribution in [2.45, 2.75) is 165 Å². The first-order chi connectivity index (χ1) is 28.7. The monoisotopic (exact) mass is 815 g/mol. The van der Waals surface area contributed by atoms with Gasteiger partial charge in [0.15, 0.2) is 5.78 Å². The lowest BCUT2D eigenvalue weighted by atomic mass is 9.81. The maximum Gasteiger partial charge on any atom is 0.306 e. The third-order valence-corrected chi connectivity index (χ3v) is 14.2. The molecular formula is C53H74N4O3. The smallest absolute Gasteiger partial charge is 0.306 e. The average molecular weight is 815 g/mol. The molecule has 0 radical (unpaired) electrons. The van der Waals surface area contributed by atoms with Crippen molar-refractivity contribution in [3.8, 4) is 0 Å². The Bertz CT molecular complexity index is 2230. The molecule has 2 aromatic heterocycles. The second-order valence-corrected chi connectivity index (χ2v) is 19.3. The molecule has 0 saturated carbocycles. The maximum absolute atomic E-state index is 13.8. The van der Waals surface area contributed by atoms with Gasteiger partial charge in [0, 0.05) is 69.7 Å². The van der Waals surface area contributed by atoms with E-state index >= 15 is 0 Å². The predicted octanol–water partition coefficient (Wildman–Crippen LogP) is 11.1. The summed E-state index contributed by atoms with van der Waals surface area (Å²) in [5, 5.41) is 2.07. The molecule has 2 aromatic rings. The van der Waals surface area contributed by atoms with Crippen LogP contribution in [0.1, 0.15) is 166 Å². The summed E-state index contributed by atoms with van der Waals surface area (Å²) in [6.07, 6.45) is 22.7. The van der Waals surface area contributed by atoms with Gasteiger partial charge in [-0.1, -0.05) is 105 Å². The van der Waals surface area contributed by atoms with Crippen LogP contribution < -0.4 is 10.7 Å². The van der Waals surface area contributed by atoms with Gasteiger partial charge in [0.2, 0.25) is 0 Å². The van der Waals surface area contributed by atoms with E-state index in [0.717, 1.165) is 98.5 Å². The lowest BCUT2D eigenvalue weighted by Gasteiger charge is -2.21. The highest BCUT2D eigenvalue weighted by atomic mass is 16.5. The molecule has 6 rings (SSSR count). The number of Topliss-reactive ketones (excluding diaryl/α,β-unsaturated/α-hetero) is 1. The standard InChI is InChI=1S/C53H74N4O3/c1-12-39-35(8)43-28-45-37(10)41(23-24-50(59)60-26-25-34(7)22-16-21-33(6)20-15-19-32(5)18-14-17-31(3)4)52(56-45)42-27-49(58)51-38(11)46(57-53(42)51)30-48-40(13-2)36(9)44(55-48)29-47(39)54-43/h12,25,29-33,37,41,45,54-55H,1,13-24,26-28H2,2-11H3/b34-25+,44-29-,48-30-/t32-,33-,37+,41+,45?/m1/s1. The number of esters is 1. The Morgan fingerprint density at radius 2 is 1.65 bits per heavy atom. The van der Waals surface area contributed by atoms with Gasteiger partial charge in [-0.3, -0.25) is 14.6 Å². The molecule has 7 nitrogen and oxygen atoms in total. The number of nitrogens with one attached hydrogen (secondary N) is 2. The van der Waals surface area contributed by atoms with Crippen molar-refractivity contribution in [1.82, 2.24) is 9.97 Å². The Kier molecular flexibility index (Phi) is 15.1. The van der Waals surface area contributed by atoms with E-state index in [-0.39, 0.29) is 29.6 Å². The van der Waals surface area contributed by atoms with E-state index in [4.69, 9.17) is 14.7 Å². The first-order valence-electron chi connectivity index (χ1n) is 23.4. The summed E-state index contributed by atoms with van der Waals surface area (Å²) in [6, 6.07) is -0.0209. The summed E-state index contributed by atoms with van der Waals surface area (Å²) in [5.74, 6) is 2.48. The maximum atomic E-state index is 13.8. The summed E-state index contributed by atoms with van der Waals surface area (Å²) in [6.45, 7) is 26.9. The Labute approximate surface area is 360 Å². The average Bonchev–Trinajstić information content (AvgIpc) is 3.95. The fourth-order valence-corrected chi connectivity index (χ4v) is 10.2. The van der Waals surface area contributed by atoms with Gasteiger partial charge in [0.05, 0.1) is 17.5 Å². The fraction of sp³-hybridized carbons (Fsp3) is 0.585. The molecule has 0 amide bonds. The van der Waals surface area contributed by atoms with Gasteiger partial charge in [-0.25, -0.2) is 4.99 Å². The van der Waals surface area contributed by atoms with Crippen molar-refractivity contribution in [2.24, 2.45) is 39.6 Å².